The van der Waals surface area contributed by atoms with Gasteiger partial charge in [0, 0.05) is 5.75 Å². The van der Waals surface area contributed by atoms with Crippen LogP contribution in [0.2, 0.25) is 5.02 Å². The number of nitrogens with zero attached hydrogens (tertiary/aromatic N) is 2. The molecule has 0 saturated carbocycles. The summed E-state index contributed by atoms with van der Waals surface area (Å²) in [5.74, 6) is 1.77. The van der Waals surface area contributed by atoms with Crippen molar-refractivity contribution >= 4 is 34.1 Å². The summed E-state index contributed by atoms with van der Waals surface area (Å²) in [7, 11) is 0. The van der Waals surface area contributed by atoms with Crippen LogP contribution in [0, 0.1) is 0 Å². The van der Waals surface area contributed by atoms with Gasteiger partial charge in [-0.15, -0.1) is 10.2 Å². The van der Waals surface area contributed by atoms with Gasteiger partial charge in [-0.1, -0.05) is 78.0 Å². The third kappa shape index (κ3) is 3.84. The van der Waals surface area contributed by atoms with Gasteiger partial charge in [-0.3, -0.25) is 0 Å². The van der Waals surface area contributed by atoms with Crippen LogP contribution in [0.3, 0.4) is 0 Å². The lowest BCUT2D eigenvalue weighted by molar-refractivity contribution is 0.252. The van der Waals surface area contributed by atoms with Crippen molar-refractivity contribution in [2.24, 2.45) is 0 Å². The molecule has 26 heavy (non-hydrogen) atoms. The molecule has 4 nitrogen and oxygen atoms in total. The molecule has 0 radical (unpaired) electrons. The number of para-hydroxylation sites is 1. The van der Waals surface area contributed by atoms with Crippen LogP contribution in [0.1, 0.15) is 11.5 Å². The largest absolute Gasteiger partial charge is 0.482 e. The van der Waals surface area contributed by atoms with Crippen LogP contribution >= 0.6 is 23.4 Å². The fourth-order valence-corrected chi connectivity index (χ4v) is 3.59. The summed E-state index contributed by atoms with van der Waals surface area (Å²) in [6, 6.07) is 21.9. The molecule has 0 aliphatic heterocycles. The molecule has 0 bridgehead atoms. The molecule has 4 rings (SSSR count). The van der Waals surface area contributed by atoms with Crippen LogP contribution < -0.4 is 4.74 Å². The lowest BCUT2D eigenvalue weighted by Gasteiger charge is -2.05. The normalized spacial score (nSPS) is 11.0. The second kappa shape index (κ2) is 7.81. The van der Waals surface area contributed by atoms with Crippen molar-refractivity contribution in [2.75, 3.05) is 0 Å². The standard InChI is InChI=1S/C20H15ClN2O2S/c21-17-10-3-4-11-18(17)24-12-19-22-23-20(25-19)26-13-15-8-5-7-14-6-1-2-9-16(14)15/h1-11H,12-13H2. The second-order valence-corrected chi connectivity index (χ2v) is 6.94. The average molecular weight is 383 g/mol. The highest BCUT2D eigenvalue weighted by Crippen LogP contribution is 2.27. The SMILES string of the molecule is Clc1ccccc1OCc1nnc(SCc2cccc3ccccc23)o1. The van der Waals surface area contributed by atoms with Crippen molar-refractivity contribution in [1.29, 1.82) is 0 Å². The molecule has 1 heterocycles. The van der Waals surface area contributed by atoms with E-state index in [2.05, 4.69) is 40.5 Å². The Morgan fingerprint density at radius 3 is 2.65 bits per heavy atom. The van der Waals surface area contributed by atoms with Crippen molar-refractivity contribution < 1.29 is 9.15 Å². The van der Waals surface area contributed by atoms with Gasteiger partial charge < -0.3 is 9.15 Å². The first-order valence-electron chi connectivity index (χ1n) is 8.09. The van der Waals surface area contributed by atoms with E-state index in [1.54, 1.807) is 12.1 Å². The minimum atomic E-state index is 0.186. The van der Waals surface area contributed by atoms with E-state index in [9.17, 15) is 0 Å². The monoisotopic (exact) mass is 382 g/mol. The van der Waals surface area contributed by atoms with E-state index in [4.69, 9.17) is 20.8 Å². The first-order valence-corrected chi connectivity index (χ1v) is 9.45. The first kappa shape index (κ1) is 16.9. The Hall–Kier alpha value is -2.50. The maximum Gasteiger partial charge on any atom is 0.277 e. The number of rotatable bonds is 6. The van der Waals surface area contributed by atoms with E-state index >= 15 is 0 Å². The van der Waals surface area contributed by atoms with Crippen LogP contribution in [-0.4, -0.2) is 10.2 Å². The molecule has 0 atom stereocenters. The molecule has 0 aliphatic rings. The molecule has 3 aromatic carbocycles. The number of hydrogen-bond donors (Lipinski definition) is 0. The Balaban J connectivity index is 1.40. The zero-order chi connectivity index (χ0) is 17.8. The van der Waals surface area contributed by atoms with Gasteiger partial charge in [0.05, 0.1) is 5.02 Å². The van der Waals surface area contributed by atoms with E-state index < -0.39 is 0 Å². The number of halogens is 1. The fourth-order valence-electron chi connectivity index (χ4n) is 2.61. The minimum Gasteiger partial charge on any atom is -0.482 e. The number of thioether (sulfide) groups is 1. The molecular formula is C20H15ClN2O2S. The quantitative estimate of drug-likeness (QED) is 0.397. The zero-order valence-corrected chi connectivity index (χ0v) is 15.3. The predicted molar refractivity (Wildman–Crippen MR) is 104 cm³/mol. The second-order valence-electron chi connectivity index (χ2n) is 5.61. The van der Waals surface area contributed by atoms with Crippen molar-refractivity contribution in [3.8, 4) is 5.75 Å². The van der Waals surface area contributed by atoms with Crippen LogP contribution in [0.25, 0.3) is 10.8 Å². The summed E-state index contributed by atoms with van der Waals surface area (Å²) in [5.41, 5.74) is 1.24. The number of aromatic nitrogens is 2. The Morgan fingerprint density at radius 1 is 0.923 bits per heavy atom. The first-order chi connectivity index (χ1) is 12.8. The Labute approximate surface area is 160 Å². The topological polar surface area (TPSA) is 48.2 Å². The molecule has 4 aromatic rings. The molecule has 130 valence electrons. The molecule has 1 aromatic heterocycles. The smallest absolute Gasteiger partial charge is 0.277 e. The summed E-state index contributed by atoms with van der Waals surface area (Å²) in [4.78, 5) is 0. The van der Waals surface area contributed by atoms with Crippen LogP contribution in [0.5, 0.6) is 5.75 Å². The van der Waals surface area contributed by atoms with Crippen molar-refractivity contribution in [2.45, 2.75) is 17.6 Å². The molecule has 0 amide bonds. The molecule has 0 saturated heterocycles. The highest BCUT2D eigenvalue weighted by atomic mass is 35.5. The maximum atomic E-state index is 6.07. The van der Waals surface area contributed by atoms with Crippen molar-refractivity contribution in [1.82, 2.24) is 10.2 Å². The highest BCUT2D eigenvalue weighted by Gasteiger charge is 2.10. The van der Waals surface area contributed by atoms with Gasteiger partial charge in [0.15, 0.2) is 6.61 Å². The third-order valence-electron chi connectivity index (χ3n) is 3.87. The molecule has 0 fully saturated rings. The summed E-state index contributed by atoms with van der Waals surface area (Å²) >= 11 is 7.58. The molecule has 6 heteroatoms. The van der Waals surface area contributed by atoms with E-state index in [-0.39, 0.29) is 6.61 Å². The van der Waals surface area contributed by atoms with Crippen molar-refractivity contribution in [3.63, 3.8) is 0 Å². The van der Waals surface area contributed by atoms with Gasteiger partial charge in [0.2, 0.25) is 0 Å². The van der Waals surface area contributed by atoms with E-state index in [1.165, 1.54) is 28.1 Å². The molecule has 0 aliphatic carbocycles. The average Bonchev–Trinajstić information content (AvgIpc) is 3.13. The van der Waals surface area contributed by atoms with Gasteiger partial charge >= 0.3 is 0 Å². The number of benzene rings is 3. The summed E-state index contributed by atoms with van der Waals surface area (Å²) < 4.78 is 11.3. The zero-order valence-electron chi connectivity index (χ0n) is 13.8. The van der Waals surface area contributed by atoms with Crippen molar-refractivity contribution in [3.05, 3.63) is 83.2 Å². The molecule has 0 N–H and O–H groups in total. The van der Waals surface area contributed by atoms with Crippen LogP contribution in [0.4, 0.5) is 0 Å². The Bertz CT molecular complexity index is 1030. The van der Waals surface area contributed by atoms with Gasteiger partial charge in [0.1, 0.15) is 5.75 Å². The fraction of sp³-hybridized carbons (Fsp3) is 0.100. The van der Waals surface area contributed by atoms with E-state index in [0.29, 0.717) is 21.9 Å². The van der Waals surface area contributed by atoms with E-state index in [0.717, 1.165) is 5.75 Å². The number of fused-ring (bicyclic) bond motifs is 1. The maximum absolute atomic E-state index is 6.07. The lowest BCUT2D eigenvalue weighted by atomic mass is 10.1. The lowest BCUT2D eigenvalue weighted by Crippen LogP contribution is -1.95. The Morgan fingerprint density at radius 2 is 1.73 bits per heavy atom. The third-order valence-corrected chi connectivity index (χ3v) is 5.05. The highest BCUT2D eigenvalue weighted by molar-refractivity contribution is 7.98. The van der Waals surface area contributed by atoms with E-state index in [1.807, 2.05) is 24.3 Å². The number of hydrogen-bond acceptors (Lipinski definition) is 5. The van der Waals surface area contributed by atoms with Gasteiger partial charge in [-0.05, 0) is 28.5 Å². The summed E-state index contributed by atoms with van der Waals surface area (Å²) in [5, 5.41) is 11.7. The molecule has 0 unspecified atom stereocenters. The molecular weight excluding hydrogens is 368 g/mol. The summed E-state index contributed by atoms with van der Waals surface area (Å²) in [6.07, 6.45) is 0. The van der Waals surface area contributed by atoms with Crippen LogP contribution in [0.15, 0.2) is 76.4 Å². The molecule has 0 spiro atoms. The summed E-state index contributed by atoms with van der Waals surface area (Å²) in [6.45, 7) is 0.186. The van der Waals surface area contributed by atoms with Gasteiger partial charge in [-0.25, -0.2) is 0 Å². The predicted octanol–water partition coefficient (Wildman–Crippen LogP) is 5.75. The van der Waals surface area contributed by atoms with Gasteiger partial charge in [-0.2, -0.15) is 0 Å². The Kier molecular flexibility index (Phi) is 5.09. The van der Waals surface area contributed by atoms with Crippen LogP contribution in [-0.2, 0) is 12.4 Å². The van der Waals surface area contributed by atoms with Gasteiger partial charge in [0.25, 0.3) is 11.1 Å². The minimum absolute atomic E-state index is 0.186. The number of ether oxygens (including phenoxy) is 1.